The van der Waals surface area contributed by atoms with Crippen LogP contribution in [0.5, 0.6) is 0 Å². The minimum absolute atomic E-state index is 0.209. The van der Waals surface area contributed by atoms with Crippen LogP contribution in [-0.2, 0) is 6.42 Å². The van der Waals surface area contributed by atoms with Crippen molar-refractivity contribution in [2.45, 2.75) is 6.42 Å². The number of halogens is 1. The van der Waals surface area contributed by atoms with E-state index in [0.29, 0.717) is 18.5 Å². The average Bonchev–Trinajstić information content (AvgIpc) is 2.90. The molecule has 0 radical (unpaired) electrons. The molecule has 0 saturated heterocycles. The first-order chi connectivity index (χ1) is 10.2. The number of aromatic nitrogens is 2. The number of nitrogens with zero attached hydrogens (tertiary/aromatic N) is 2. The third-order valence-corrected chi connectivity index (χ3v) is 3.19. The van der Waals surface area contributed by atoms with E-state index >= 15 is 0 Å². The molecule has 0 fully saturated rings. The van der Waals surface area contributed by atoms with Crippen LogP contribution in [0.25, 0.3) is 5.65 Å². The Balaban J connectivity index is 1.58. The van der Waals surface area contributed by atoms with Gasteiger partial charge in [0.2, 0.25) is 0 Å². The lowest BCUT2D eigenvalue weighted by Gasteiger charge is -2.03. The summed E-state index contributed by atoms with van der Waals surface area (Å²) in [5, 5.41) is 2.80. The summed E-state index contributed by atoms with van der Waals surface area (Å²) in [5.41, 5.74) is 2.25. The Morgan fingerprint density at radius 1 is 1.19 bits per heavy atom. The van der Waals surface area contributed by atoms with Gasteiger partial charge >= 0.3 is 0 Å². The summed E-state index contributed by atoms with van der Waals surface area (Å²) in [7, 11) is 0. The van der Waals surface area contributed by atoms with Gasteiger partial charge in [-0.25, -0.2) is 9.37 Å². The molecule has 1 aromatic carbocycles. The van der Waals surface area contributed by atoms with Crippen LogP contribution < -0.4 is 5.32 Å². The second-order valence-corrected chi connectivity index (χ2v) is 4.71. The molecule has 0 bridgehead atoms. The summed E-state index contributed by atoms with van der Waals surface area (Å²) < 4.78 is 14.7. The van der Waals surface area contributed by atoms with Crippen LogP contribution in [0.1, 0.15) is 16.1 Å². The van der Waals surface area contributed by atoms with Crippen molar-refractivity contribution in [2.24, 2.45) is 0 Å². The average molecular weight is 283 g/mol. The van der Waals surface area contributed by atoms with Crippen LogP contribution in [0.2, 0.25) is 0 Å². The second-order valence-electron chi connectivity index (χ2n) is 4.71. The van der Waals surface area contributed by atoms with Crippen molar-refractivity contribution >= 4 is 11.6 Å². The van der Waals surface area contributed by atoms with Gasteiger partial charge in [-0.05, 0) is 36.4 Å². The Labute approximate surface area is 121 Å². The van der Waals surface area contributed by atoms with E-state index in [1.54, 1.807) is 0 Å². The van der Waals surface area contributed by atoms with Gasteiger partial charge < -0.3 is 9.72 Å². The van der Waals surface area contributed by atoms with E-state index in [1.807, 2.05) is 35.0 Å². The van der Waals surface area contributed by atoms with E-state index in [0.717, 1.165) is 11.3 Å². The first-order valence-electron chi connectivity index (χ1n) is 6.69. The van der Waals surface area contributed by atoms with E-state index in [1.165, 1.54) is 24.3 Å². The maximum atomic E-state index is 12.8. The third kappa shape index (κ3) is 3.08. The normalized spacial score (nSPS) is 10.7. The van der Waals surface area contributed by atoms with Crippen LogP contribution >= 0.6 is 0 Å². The van der Waals surface area contributed by atoms with E-state index in [-0.39, 0.29) is 11.7 Å². The van der Waals surface area contributed by atoms with Gasteiger partial charge in [-0.1, -0.05) is 6.07 Å². The second kappa shape index (κ2) is 5.75. The summed E-state index contributed by atoms with van der Waals surface area (Å²) >= 11 is 0. The lowest BCUT2D eigenvalue weighted by atomic mass is 10.2. The minimum Gasteiger partial charge on any atom is -0.352 e. The Morgan fingerprint density at radius 3 is 2.76 bits per heavy atom. The Hall–Kier alpha value is -2.69. The number of pyridine rings is 1. The number of carbonyl (C=O) groups excluding carboxylic acids is 1. The van der Waals surface area contributed by atoms with Gasteiger partial charge in [0.05, 0.1) is 5.69 Å². The first-order valence-corrected chi connectivity index (χ1v) is 6.69. The van der Waals surface area contributed by atoms with Crippen LogP contribution in [0, 0.1) is 5.82 Å². The number of fused-ring (bicyclic) bond motifs is 1. The Bertz CT molecular complexity index is 732. The molecule has 21 heavy (non-hydrogen) atoms. The summed E-state index contributed by atoms with van der Waals surface area (Å²) in [4.78, 5) is 16.3. The zero-order valence-electron chi connectivity index (χ0n) is 11.3. The zero-order chi connectivity index (χ0) is 14.7. The smallest absolute Gasteiger partial charge is 0.251 e. The number of hydrogen-bond acceptors (Lipinski definition) is 2. The maximum absolute atomic E-state index is 12.8. The highest BCUT2D eigenvalue weighted by Gasteiger charge is 2.06. The Morgan fingerprint density at radius 2 is 2.00 bits per heavy atom. The van der Waals surface area contributed by atoms with E-state index < -0.39 is 0 Å². The van der Waals surface area contributed by atoms with Crippen molar-refractivity contribution < 1.29 is 9.18 Å². The van der Waals surface area contributed by atoms with Crippen LogP contribution in [0.15, 0.2) is 54.9 Å². The molecular formula is C16H14FN3O. The number of benzene rings is 1. The van der Waals surface area contributed by atoms with Gasteiger partial charge in [0.25, 0.3) is 5.91 Å². The lowest BCUT2D eigenvalue weighted by Crippen LogP contribution is -2.25. The predicted molar refractivity (Wildman–Crippen MR) is 77.6 cm³/mol. The molecule has 2 heterocycles. The van der Waals surface area contributed by atoms with Gasteiger partial charge in [0.1, 0.15) is 11.5 Å². The molecule has 1 N–H and O–H groups in total. The third-order valence-electron chi connectivity index (χ3n) is 3.19. The molecule has 0 aliphatic rings. The molecule has 0 atom stereocenters. The Kier molecular flexibility index (Phi) is 3.64. The van der Waals surface area contributed by atoms with Gasteiger partial charge in [-0.15, -0.1) is 0 Å². The maximum Gasteiger partial charge on any atom is 0.251 e. The summed E-state index contributed by atoms with van der Waals surface area (Å²) in [6.45, 7) is 0.486. The van der Waals surface area contributed by atoms with Gasteiger partial charge in [0.15, 0.2) is 0 Å². The van der Waals surface area contributed by atoms with E-state index in [4.69, 9.17) is 0 Å². The number of amides is 1. The SMILES string of the molecule is O=C(NCCc1cn2ccccc2n1)c1ccc(F)cc1. The van der Waals surface area contributed by atoms with Crippen LogP contribution in [-0.4, -0.2) is 21.8 Å². The van der Waals surface area contributed by atoms with E-state index in [2.05, 4.69) is 10.3 Å². The quantitative estimate of drug-likeness (QED) is 0.799. The molecule has 0 aliphatic heterocycles. The highest BCUT2D eigenvalue weighted by molar-refractivity contribution is 5.94. The fourth-order valence-electron chi connectivity index (χ4n) is 2.12. The topological polar surface area (TPSA) is 46.4 Å². The molecule has 0 saturated carbocycles. The van der Waals surface area contributed by atoms with E-state index in [9.17, 15) is 9.18 Å². The number of rotatable bonds is 4. The molecule has 5 heteroatoms. The molecule has 2 aromatic heterocycles. The standard InChI is InChI=1S/C16H14FN3O/c17-13-6-4-12(5-7-13)16(21)18-9-8-14-11-20-10-2-1-3-15(20)19-14/h1-7,10-11H,8-9H2,(H,18,21). The van der Waals surface area contributed by atoms with Crippen molar-refractivity contribution in [1.29, 1.82) is 0 Å². The van der Waals surface area contributed by atoms with Gasteiger partial charge in [0, 0.05) is 30.9 Å². The molecule has 1 amide bonds. The van der Waals surface area contributed by atoms with Crippen molar-refractivity contribution in [1.82, 2.24) is 14.7 Å². The van der Waals surface area contributed by atoms with Gasteiger partial charge in [-0.2, -0.15) is 0 Å². The predicted octanol–water partition coefficient (Wildman–Crippen LogP) is 2.45. The number of hydrogen-bond donors (Lipinski definition) is 1. The van der Waals surface area contributed by atoms with Crippen molar-refractivity contribution in [2.75, 3.05) is 6.54 Å². The molecular weight excluding hydrogens is 269 g/mol. The minimum atomic E-state index is -0.351. The largest absolute Gasteiger partial charge is 0.352 e. The molecule has 3 aromatic rings. The molecule has 0 unspecified atom stereocenters. The summed E-state index contributed by atoms with van der Waals surface area (Å²) in [5.74, 6) is -0.560. The monoisotopic (exact) mass is 283 g/mol. The highest BCUT2D eigenvalue weighted by atomic mass is 19.1. The van der Waals surface area contributed by atoms with Crippen LogP contribution in [0.4, 0.5) is 4.39 Å². The van der Waals surface area contributed by atoms with Crippen molar-refractivity contribution in [3.05, 3.63) is 71.9 Å². The summed E-state index contributed by atoms with van der Waals surface area (Å²) in [6, 6.07) is 11.3. The molecule has 3 rings (SSSR count). The number of carbonyl (C=O) groups is 1. The van der Waals surface area contributed by atoms with Crippen molar-refractivity contribution in [3.8, 4) is 0 Å². The lowest BCUT2D eigenvalue weighted by molar-refractivity contribution is 0.0954. The molecule has 106 valence electrons. The fraction of sp³-hybridized carbons (Fsp3) is 0.125. The number of nitrogens with one attached hydrogen (secondary N) is 1. The molecule has 0 spiro atoms. The zero-order valence-corrected chi connectivity index (χ0v) is 11.3. The first kappa shape index (κ1) is 13.3. The molecule has 0 aliphatic carbocycles. The van der Waals surface area contributed by atoms with Gasteiger partial charge in [-0.3, -0.25) is 4.79 Å². The van der Waals surface area contributed by atoms with Crippen LogP contribution in [0.3, 0.4) is 0 Å². The fourth-order valence-corrected chi connectivity index (χ4v) is 2.12. The van der Waals surface area contributed by atoms with Crippen molar-refractivity contribution in [3.63, 3.8) is 0 Å². The highest BCUT2D eigenvalue weighted by Crippen LogP contribution is 2.05. The summed E-state index contributed by atoms with van der Waals surface area (Å²) in [6.07, 6.45) is 4.52. The molecule has 4 nitrogen and oxygen atoms in total. The number of imidazole rings is 1.